The highest BCUT2D eigenvalue weighted by Gasteiger charge is 2.11. The molecule has 0 saturated carbocycles. The van der Waals surface area contributed by atoms with Crippen LogP contribution in [0.4, 0.5) is 0 Å². The summed E-state index contributed by atoms with van der Waals surface area (Å²) in [4.78, 5) is 1.34. The van der Waals surface area contributed by atoms with E-state index in [4.69, 9.17) is 11.6 Å². The molecule has 0 fully saturated rings. The SMILES string of the molecule is CC(C)CSc1ccc(Cl)cc1CNC(C)(C)C. The summed E-state index contributed by atoms with van der Waals surface area (Å²) in [7, 11) is 0. The highest BCUT2D eigenvalue weighted by Crippen LogP contribution is 2.27. The molecule has 102 valence electrons. The van der Waals surface area contributed by atoms with Crippen molar-refractivity contribution in [2.75, 3.05) is 5.75 Å². The van der Waals surface area contributed by atoms with Crippen LogP contribution in [0.3, 0.4) is 0 Å². The van der Waals surface area contributed by atoms with E-state index >= 15 is 0 Å². The van der Waals surface area contributed by atoms with Crippen molar-refractivity contribution in [3.05, 3.63) is 28.8 Å². The Kier molecular flexibility index (Phi) is 6.03. The lowest BCUT2D eigenvalue weighted by molar-refractivity contribution is 0.422. The normalized spacial score (nSPS) is 12.2. The molecule has 0 aliphatic rings. The molecule has 0 unspecified atom stereocenters. The van der Waals surface area contributed by atoms with Crippen LogP contribution >= 0.6 is 23.4 Å². The third-order valence-electron chi connectivity index (χ3n) is 2.40. The minimum absolute atomic E-state index is 0.127. The van der Waals surface area contributed by atoms with Crippen LogP contribution in [0, 0.1) is 5.92 Å². The fourth-order valence-corrected chi connectivity index (χ4v) is 2.63. The Hall–Kier alpha value is -0.180. The van der Waals surface area contributed by atoms with Gasteiger partial charge in [0, 0.05) is 27.8 Å². The topological polar surface area (TPSA) is 12.0 Å². The molecular formula is C15H24ClNS. The highest BCUT2D eigenvalue weighted by atomic mass is 35.5. The molecule has 1 nitrogen and oxygen atoms in total. The molecule has 3 heteroatoms. The van der Waals surface area contributed by atoms with Gasteiger partial charge in [-0.3, -0.25) is 0 Å². The monoisotopic (exact) mass is 285 g/mol. The number of hydrogen-bond acceptors (Lipinski definition) is 2. The quantitative estimate of drug-likeness (QED) is 0.766. The van der Waals surface area contributed by atoms with E-state index in [-0.39, 0.29) is 5.54 Å². The van der Waals surface area contributed by atoms with E-state index in [0.717, 1.165) is 17.3 Å². The van der Waals surface area contributed by atoms with Crippen molar-refractivity contribution in [1.29, 1.82) is 0 Å². The van der Waals surface area contributed by atoms with Gasteiger partial charge in [-0.15, -0.1) is 11.8 Å². The van der Waals surface area contributed by atoms with Crippen LogP contribution in [0.1, 0.15) is 40.2 Å². The van der Waals surface area contributed by atoms with E-state index in [1.165, 1.54) is 10.5 Å². The van der Waals surface area contributed by atoms with Gasteiger partial charge in [-0.25, -0.2) is 0 Å². The van der Waals surface area contributed by atoms with Crippen molar-refractivity contribution >= 4 is 23.4 Å². The van der Waals surface area contributed by atoms with Gasteiger partial charge in [0.2, 0.25) is 0 Å². The minimum atomic E-state index is 0.127. The Morgan fingerprint density at radius 1 is 1.28 bits per heavy atom. The molecule has 0 aromatic heterocycles. The summed E-state index contributed by atoms with van der Waals surface area (Å²) >= 11 is 8.01. The summed E-state index contributed by atoms with van der Waals surface area (Å²) < 4.78 is 0. The molecule has 1 aromatic rings. The zero-order chi connectivity index (χ0) is 13.8. The highest BCUT2D eigenvalue weighted by molar-refractivity contribution is 7.99. The number of halogens is 1. The predicted molar refractivity (Wildman–Crippen MR) is 83.6 cm³/mol. The van der Waals surface area contributed by atoms with Gasteiger partial charge in [-0.2, -0.15) is 0 Å². The number of nitrogens with one attached hydrogen (secondary N) is 1. The van der Waals surface area contributed by atoms with E-state index in [9.17, 15) is 0 Å². The first-order chi connectivity index (χ1) is 8.28. The largest absolute Gasteiger partial charge is 0.308 e. The lowest BCUT2D eigenvalue weighted by Gasteiger charge is -2.22. The maximum atomic E-state index is 6.09. The third kappa shape index (κ3) is 6.12. The maximum Gasteiger partial charge on any atom is 0.0410 e. The number of hydrogen-bond donors (Lipinski definition) is 1. The van der Waals surface area contributed by atoms with Gasteiger partial charge in [0.1, 0.15) is 0 Å². The van der Waals surface area contributed by atoms with Crippen molar-refractivity contribution in [1.82, 2.24) is 5.32 Å². The van der Waals surface area contributed by atoms with Crippen molar-refractivity contribution in [2.24, 2.45) is 5.92 Å². The summed E-state index contributed by atoms with van der Waals surface area (Å²) in [6.45, 7) is 11.9. The molecule has 0 bridgehead atoms. The first kappa shape index (κ1) is 15.9. The van der Waals surface area contributed by atoms with E-state index < -0.39 is 0 Å². The smallest absolute Gasteiger partial charge is 0.0410 e. The lowest BCUT2D eigenvalue weighted by Crippen LogP contribution is -2.35. The fraction of sp³-hybridized carbons (Fsp3) is 0.600. The van der Waals surface area contributed by atoms with Crippen LogP contribution in [-0.2, 0) is 6.54 Å². The number of thioether (sulfide) groups is 1. The summed E-state index contributed by atoms with van der Waals surface area (Å²) in [6, 6.07) is 6.18. The summed E-state index contributed by atoms with van der Waals surface area (Å²) in [5.41, 5.74) is 1.42. The second-order valence-corrected chi connectivity index (χ2v) is 7.56. The van der Waals surface area contributed by atoms with Gasteiger partial charge in [-0.1, -0.05) is 25.4 Å². The van der Waals surface area contributed by atoms with Crippen LogP contribution in [0.2, 0.25) is 5.02 Å². The summed E-state index contributed by atoms with van der Waals surface area (Å²) in [5.74, 6) is 1.85. The predicted octanol–water partition coefficient (Wildman–Crippen LogP) is 4.98. The van der Waals surface area contributed by atoms with Crippen LogP contribution in [0.5, 0.6) is 0 Å². The molecule has 0 aliphatic heterocycles. The average molecular weight is 286 g/mol. The second kappa shape index (κ2) is 6.83. The molecule has 1 rings (SSSR count). The molecule has 18 heavy (non-hydrogen) atoms. The summed E-state index contributed by atoms with van der Waals surface area (Å²) in [6.07, 6.45) is 0. The standard InChI is InChI=1S/C15H24ClNS/c1-11(2)10-18-14-7-6-13(16)8-12(14)9-17-15(3,4)5/h6-8,11,17H,9-10H2,1-5H3. The zero-order valence-electron chi connectivity index (χ0n) is 12.0. The first-order valence-corrected chi connectivity index (χ1v) is 7.80. The third-order valence-corrected chi connectivity index (χ3v) is 4.18. The van der Waals surface area contributed by atoms with Crippen LogP contribution in [0.15, 0.2) is 23.1 Å². The van der Waals surface area contributed by atoms with Gasteiger partial charge < -0.3 is 5.32 Å². The van der Waals surface area contributed by atoms with Gasteiger partial charge in [-0.05, 0) is 50.5 Å². The van der Waals surface area contributed by atoms with Crippen molar-refractivity contribution in [3.8, 4) is 0 Å². The van der Waals surface area contributed by atoms with Crippen LogP contribution in [0.25, 0.3) is 0 Å². The van der Waals surface area contributed by atoms with Crippen LogP contribution < -0.4 is 5.32 Å². The molecule has 0 atom stereocenters. The molecule has 0 spiro atoms. The Balaban J connectivity index is 2.76. The van der Waals surface area contributed by atoms with Crippen molar-refractivity contribution in [3.63, 3.8) is 0 Å². The minimum Gasteiger partial charge on any atom is -0.308 e. The molecule has 1 aromatic carbocycles. The molecule has 0 radical (unpaired) electrons. The molecule has 1 N–H and O–H groups in total. The van der Waals surface area contributed by atoms with E-state index in [2.05, 4.69) is 52.1 Å². The second-order valence-electron chi connectivity index (χ2n) is 6.06. The number of benzene rings is 1. The van der Waals surface area contributed by atoms with Crippen molar-refractivity contribution in [2.45, 2.75) is 51.6 Å². The molecule has 0 heterocycles. The van der Waals surface area contributed by atoms with Crippen molar-refractivity contribution < 1.29 is 0 Å². The average Bonchev–Trinajstić information content (AvgIpc) is 2.23. The van der Waals surface area contributed by atoms with Gasteiger partial charge in [0.05, 0.1) is 0 Å². The Labute approximate surface area is 121 Å². The van der Waals surface area contributed by atoms with Gasteiger partial charge in [0.25, 0.3) is 0 Å². The Morgan fingerprint density at radius 2 is 1.94 bits per heavy atom. The fourth-order valence-electron chi connectivity index (χ4n) is 1.44. The Bertz CT molecular complexity index is 383. The van der Waals surface area contributed by atoms with E-state index in [0.29, 0.717) is 5.92 Å². The Morgan fingerprint density at radius 3 is 2.50 bits per heavy atom. The number of rotatable bonds is 5. The van der Waals surface area contributed by atoms with Gasteiger partial charge in [0.15, 0.2) is 0 Å². The van der Waals surface area contributed by atoms with E-state index in [1.54, 1.807) is 0 Å². The first-order valence-electron chi connectivity index (χ1n) is 6.44. The summed E-state index contributed by atoms with van der Waals surface area (Å²) in [5, 5.41) is 4.34. The molecular weight excluding hydrogens is 262 g/mol. The lowest BCUT2D eigenvalue weighted by atomic mass is 10.1. The zero-order valence-corrected chi connectivity index (χ0v) is 13.6. The molecule has 0 saturated heterocycles. The maximum absolute atomic E-state index is 6.09. The molecule has 0 amide bonds. The van der Waals surface area contributed by atoms with Crippen LogP contribution in [-0.4, -0.2) is 11.3 Å². The van der Waals surface area contributed by atoms with Gasteiger partial charge >= 0.3 is 0 Å². The van der Waals surface area contributed by atoms with E-state index in [1.807, 2.05) is 17.8 Å². The molecule has 0 aliphatic carbocycles.